The SMILES string of the molecule is CS(=O)(=O)c1ccc(C(CC2CCOCC2)C(=O)Nc2nccs2)cc1F. The number of carbonyl (C=O) groups excluding carboxylic acids is 1. The lowest BCUT2D eigenvalue weighted by atomic mass is 9.84. The molecule has 1 unspecified atom stereocenters. The van der Waals surface area contributed by atoms with Crippen LogP contribution in [0, 0.1) is 11.7 Å². The third kappa shape index (κ3) is 5.12. The summed E-state index contributed by atoms with van der Waals surface area (Å²) in [5, 5.41) is 5.00. The Labute approximate surface area is 161 Å². The number of rotatable bonds is 6. The summed E-state index contributed by atoms with van der Waals surface area (Å²) in [6.45, 7) is 1.29. The molecule has 2 heterocycles. The molecule has 0 bridgehead atoms. The van der Waals surface area contributed by atoms with Crippen molar-refractivity contribution in [3.63, 3.8) is 0 Å². The first-order chi connectivity index (χ1) is 12.8. The van der Waals surface area contributed by atoms with Gasteiger partial charge in [-0.1, -0.05) is 6.07 Å². The number of aromatic nitrogens is 1. The van der Waals surface area contributed by atoms with Crippen molar-refractivity contribution in [2.45, 2.75) is 30.1 Å². The van der Waals surface area contributed by atoms with E-state index in [0.717, 1.165) is 25.2 Å². The summed E-state index contributed by atoms with van der Waals surface area (Å²) in [5.74, 6) is -1.43. The van der Waals surface area contributed by atoms with Gasteiger partial charge in [-0.2, -0.15) is 0 Å². The summed E-state index contributed by atoms with van der Waals surface area (Å²) in [7, 11) is -3.66. The fourth-order valence-corrected chi connectivity index (χ4v) is 4.48. The zero-order valence-corrected chi connectivity index (χ0v) is 16.5. The number of anilines is 1. The maximum atomic E-state index is 14.4. The first-order valence-electron chi connectivity index (χ1n) is 8.62. The van der Waals surface area contributed by atoms with Crippen molar-refractivity contribution in [1.82, 2.24) is 4.98 Å². The van der Waals surface area contributed by atoms with E-state index in [1.165, 1.54) is 23.5 Å². The van der Waals surface area contributed by atoms with Gasteiger partial charge in [0.25, 0.3) is 0 Å². The van der Waals surface area contributed by atoms with E-state index >= 15 is 0 Å². The predicted molar refractivity (Wildman–Crippen MR) is 101 cm³/mol. The summed E-state index contributed by atoms with van der Waals surface area (Å²) in [6.07, 6.45) is 4.77. The highest BCUT2D eigenvalue weighted by Gasteiger charge is 2.28. The fourth-order valence-electron chi connectivity index (χ4n) is 3.22. The third-order valence-corrected chi connectivity index (χ3v) is 6.47. The number of thiazole rings is 1. The van der Waals surface area contributed by atoms with E-state index in [1.54, 1.807) is 11.6 Å². The van der Waals surface area contributed by atoms with Gasteiger partial charge in [-0.25, -0.2) is 17.8 Å². The smallest absolute Gasteiger partial charge is 0.233 e. The quantitative estimate of drug-likeness (QED) is 0.787. The molecule has 1 N–H and O–H groups in total. The van der Waals surface area contributed by atoms with Crippen LogP contribution in [-0.2, 0) is 19.4 Å². The minimum absolute atomic E-state index is 0.275. The first kappa shape index (κ1) is 19.9. The molecule has 1 fully saturated rings. The van der Waals surface area contributed by atoms with E-state index in [2.05, 4.69) is 10.3 Å². The van der Waals surface area contributed by atoms with Crippen LogP contribution in [-0.4, -0.2) is 38.8 Å². The number of amides is 1. The number of carbonyl (C=O) groups is 1. The number of halogens is 1. The zero-order chi connectivity index (χ0) is 19.4. The Morgan fingerprint density at radius 2 is 2.15 bits per heavy atom. The number of ether oxygens (including phenoxy) is 1. The number of hydrogen-bond acceptors (Lipinski definition) is 6. The van der Waals surface area contributed by atoms with Crippen molar-refractivity contribution < 1.29 is 22.3 Å². The van der Waals surface area contributed by atoms with Crippen LogP contribution in [0.4, 0.5) is 9.52 Å². The Kier molecular flexibility index (Phi) is 6.23. The average molecular weight is 413 g/mol. The second kappa shape index (κ2) is 8.45. The lowest BCUT2D eigenvalue weighted by molar-refractivity contribution is -0.118. The van der Waals surface area contributed by atoms with E-state index in [4.69, 9.17) is 4.74 Å². The maximum Gasteiger partial charge on any atom is 0.233 e. The van der Waals surface area contributed by atoms with Crippen molar-refractivity contribution >= 4 is 32.2 Å². The number of benzene rings is 1. The summed E-state index contributed by atoms with van der Waals surface area (Å²) in [4.78, 5) is 16.6. The molecule has 146 valence electrons. The molecule has 0 saturated carbocycles. The fraction of sp³-hybridized carbons (Fsp3) is 0.444. The third-order valence-electron chi connectivity index (χ3n) is 4.65. The van der Waals surface area contributed by atoms with Gasteiger partial charge in [0.15, 0.2) is 15.0 Å². The Bertz CT molecular complexity index is 894. The van der Waals surface area contributed by atoms with E-state index in [1.807, 2.05) is 0 Å². The topological polar surface area (TPSA) is 85.4 Å². The molecule has 1 atom stereocenters. The highest BCUT2D eigenvalue weighted by Crippen LogP contribution is 2.32. The molecule has 0 spiro atoms. The van der Waals surface area contributed by atoms with Crippen LogP contribution < -0.4 is 5.32 Å². The second-order valence-corrected chi connectivity index (χ2v) is 9.51. The standard InChI is InChI=1S/C18H21FN2O4S2/c1-27(23,24)16-3-2-13(11-15(16)19)14(10-12-4-7-25-8-5-12)17(22)21-18-20-6-9-26-18/h2-3,6,9,11-12,14H,4-5,7-8,10H2,1H3,(H,20,21,22). The molecule has 6 nitrogen and oxygen atoms in total. The number of hydrogen-bond donors (Lipinski definition) is 1. The highest BCUT2D eigenvalue weighted by atomic mass is 32.2. The summed E-state index contributed by atoms with van der Waals surface area (Å²) < 4.78 is 43.1. The van der Waals surface area contributed by atoms with Crippen LogP contribution in [0.2, 0.25) is 0 Å². The number of nitrogens with one attached hydrogen (secondary N) is 1. The predicted octanol–water partition coefficient (Wildman–Crippen LogP) is 3.22. The normalized spacial score (nSPS) is 16.8. The number of sulfone groups is 1. The van der Waals surface area contributed by atoms with Gasteiger partial charge in [-0.05, 0) is 42.9 Å². The molecule has 3 rings (SSSR count). The van der Waals surface area contributed by atoms with Crippen LogP contribution in [0.25, 0.3) is 0 Å². The van der Waals surface area contributed by atoms with Crippen LogP contribution in [0.3, 0.4) is 0 Å². The van der Waals surface area contributed by atoms with Gasteiger partial charge in [0.2, 0.25) is 5.91 Å². The van der Waals surface area contributed by atoms with E-state index in [0.29, 0.717) is 30.3 Å². The van der Waals surface area contributed by atoms with Crippen molar-refractivity contribution in [3.8, 4) is 0 Å². The molecular formula is C18H21FN2O4S2. The van der Waals surface area contributed by atoms with E-state index in [-0.39, 0.29) is 16.7 Å². The minimum atomic E-state index is -3.66. The van der Waals surface area contributed by atoms with Gasteiger partial charge < -0.3 is 10.1 Å². The molecule has 2 aromatic rings. The minimum Gasteiger partial charge on any atom is -0.381 e. The molecule has 9 heteroatoms. The molecule has 1 saturated heterocycles. The monoisotopic (exact) mass is 412 g/mol. The van der Waals surface area contributed by atoms with Gasteiger partial charge >= 0.3 is 0 Å². The van der Waals surface area contributed by atoms with Crippen molar-refractivity contribution in [1.29, 1.82) is 0 Å². The Morgan fingerprint density at radius 1 is 1.41 bits per heavy atom. The molecule has 1 aliphatic rings. The summed E-state index contributed by atoms with van der Waals surface area (Å²) >= 11 is 1.30. The Morgan fingerprint density at radius 3 is 2.74 bits per heavy atom. The van der Waals surface area contributed by atoms with Crippen LogP contribution in [0.15, 0.2) is 34.7 Å². The Balaban J connectivity index is 1.88. The molecule has 27 heavy (non-hydrogen) atoms. The lowest BCUT2D eigenvalue weighted by Crippen LogP contribution is -2.26. The van der Waals surface area contributed by atoms with Gasteiger partial charge in [0, 0.05) is 31.0 Å². The molecule has 1 amide bonds. The molecule has 0 radical (unpaired) electrons. The van der Waals surface area contributed by atoms with Crippen molar-refractivity contribution in [2.75, 3.05) is 24.8 Å². The number of nitrogens with zero attached hydrogens (tertiary/aromatic N) is 1. The zero-order valence-electron chi connectivity index (χ0n) is 14.9. The maximum absolute atomic E-state index is 14.4. The molecular weight excluding hydrogens is 391 g/mol. The van der Waals surface area contributed by atoms with Gasteiger partial charge in [0.1, 0.15) is 10.7 Å². The van der Waals surface area contributed by atoms with E-state index < -0.39 is 21.6 Å². The van der Waals surface area contributed by atoms with Gasteiger partial charge in [-0.3, -0.25) is 4.79 Å². The lowest BCUT2D eigenvalue weighted by Gasteiger charge is -2.26. The van der Waals surface area contributed by atoms with Crippen LogP contribution in [0.5, 0.6) is 0 Å². The highest BCUT2D eigenvalue weighted by molar-refractivity contribution is 7.90. The molecule has 1 aromatic heterocycles. The molecule has 1 aliphatic heterocycles. The van der Waals surface area contributed by atoms with Crippen LogP contribution in [0.1, 0.15) is 30.7 Å². The van der Waals surface area contributed by atoms with E-state index in [9.17, 15) is 17.6 Å². The second-order valence-electron chi connectivity index (χ2n) is 6.63. The average Bonchev–Trinajstić information content (AvgIpc) is 3.12. The van der Waals surface area contributed by atoms with Gasteiger partial charge in [-0.15, -0.1) is 11.3 Å². The van der Waals surface area contributed by atoms with Gasteiger partial charge in [0.05, 0.1) is 5.92 Å². The van der Waals surface area contributed by atoms with Crippen molar-refractivity contribution in [3.05, 3.63) is 41.2 Å². The molecule has 0 aliphatic carbocycles. The first-order valence-corrected chi connectivity index (χ1v) is 11.4. The largest absolute Gasteiger partial charge is 0.381 e. The summed E-state index contributed by atoms with van der Waals surface area (Å²) in [6, 6.07) is 3.90. The van der Waals surface area contributed by atoms with Crippen molar-refractivity contribution in [2.24, 2.45) is 5.92 Å². The molecule has 1 aromatic carbocycles. The Hall–Kier alpha value is -1.84. The summed E-state index contributed by atoms with van der Waals surface area (Å²) in [5.41, 5.74) is 0.459. The van der Waals surface area contributed by atoms with Crippen LogP contribution >= 0.6 is 11.3 Å².